The molecule has 0 atom stereocenters. The Balaban J connectivity index is 0.00000396. The zero-order valence-corrected chi connectivity index (χ0v) is 58.9. The van der Waals surface area contributed by atoms with Crippen molar-refractivity contribution in [3.8, 4) is 23.0 Å². The van der Waals surface area contributed by atoms with Crippen LogP contribution in [0, 0.1) is 13.8 Å². The second-order valence-electron chi connectivity index (χ2n) is 17.1. The number of fused-ring (bicyclic) bond motifs is 2. The van der Waals surface area contributed by atoms with Gasteiger partial charge in [-0.05, 0) is 109 Å². The second-order valence-corrected chi connectivity index (χ2v) is 25.7. The van der Waals surface area contributed by atoms with Crippen LogP contribution in [0.25, 0.3) is 21.5 Å². The predicted molar refractivity (Wildman–Crippen MR) is 285 cm³/mol. The van der Waals surface area contributed by atoms with Gasteiger partial charge in [-0.1, -0.05) is 36.4 Å². The van der Waals surface area contributed by atoms with Crippen molar-refractivity contribution in [3.63, 3.8) is 0 Å². The van der Waals surface area contributed by atoms with Crippen LogP contribution in [0.4, 0.5) is 34.1 Å². The monoisotopic (exact) mass is 1330 g/mol. The summed E-state index contributed by atoms with van der Waals surface area (Å²) in [6, 6.07) is 22.7. The molecule has 8 aromatic rings. The van der Waals surface area contributed by atoms with E-state index in [0.29, 0.717) is 36.4 Å². The number of ether oxygens (including phenoxy) is 2. The molecule has 0 saturated carbocycles. The van der Waals surface area contributed by atoms with Gasteiger partial charge in [0, 0.05) is 24.3 Å². The molecule has 0 radical (unpaired) electrons. The largest absolute Gasteiger partial charge is 1.00 e. The van der Waals surface area contributed by atoms with Gasteiger partial charge in [-0.25, -0.2) is 30.2 Å². The molecule has 0 aliphatic heterocycles. The summed E-state index contributed by atoms with van der Waals surface area (Å²) >= 11 is 0. The van der Waals surface area contributed by atoms with Gasteiger partial charge < -0.3 is 41.9 Å². The minimum atomic E-state index is -5.37. The first-order valence-electron chi connectivity index (χ1n) is 22.6. The first-order valence-corrected chi connectivity index (χ1v) is 31.1. The molecule has 0 spiro atoms. The van der Waals surface area contributed by atoms with Gasteiger partial charge >= 0.3 is 138 Å². The summed E-state index contributed by atoms with van der Waals surface area (Å²) in [7, 11) is -28.3. The van der Waals surface area contributed by atoms with Crippen LogP contribution in [0.1, 0.15) is 11.1 Å². The van der Waals surface area contributed by atoms with E-state index in [2.05, 4.69) is 30.8 Å². The number of aliphatic imine (C=N–C) groups is 1. The van der Waals surface area contributed by atoms with E-state index >= 15 is 0 Å². The summed E-state index contributed by atoms with van der Waals surface area (Å²) in [5, 5.41) is 30.9. The molecule has 0 aromatic heterocycles. The van der Waals surface area contributed by atoms with Crippen molar-refractivity contribution < 1.29 is 210 Å². The van der Waals surface area contributed by atoms with E-state index in [4.69, 9.17) is 17.8 Å². The Hall–Kier alpha value is -4.51. The third-order valence-electron chi connectivity index (χ3n) is 11.5. The molecule has 27 nitrogen and oxygen atoms in total. The molecule has 8 aromatic carbocycles. The zero-order valence-electron chi connectivity index (χ0n) is 46.0. The van der Waals surface area contributed by atoms with Crippen LogP contribution in [-0.4, -0.2) is 89.0 Å². The Morgan fingerprint density at radius 1 is 0.430 bits per heavy atom. The van der Waals surface area contributed by atoms with Crippen LogP contribution in [0.2, 0.25) is 0 Å². The first-order chi connectivity index (χ1) is 38.2. The number of amidine groups is 1. The Morgan fingerprint density at radius 2 is 0.791 bits per heavy atom. The fourth-order valence-electron chi connectivity index (χ4n) is 7.72. The van der Waals surface area contributed by atoms with Crippen molar-refractivity contribution in [2.24, 2.45) is 25.4 Å². The van der Waals surface area contributed by atoms with Crippen LogP contribution in [-0.2, 0) is 60.7 Å². The van der Waals surface area contributed by atoms with Gasteiger partial charge in [-0.2, -0.15) is 35.5 Å². The summed E-state index contributed by atoms with van der Waals surface area (Å²) in [6.45, 7) is 2.97. The maximum absolute atomic E-state index is 13.6. The number of methoxy groups -OCH3 is 2. The summed E-state index contributed by atoms with van der Waals surface area (Å²) < 4.78 is 220. The van der Waals surface area contributed by atoms with E-state index in [9.17, 15) is 73.8 Å². The van der Waals surface area contributed by atoms with Crippen LogP contribution < -0.4 is 146 Å². The van der Waals surface area contributed by atoms with E-state index in [1.165, 1.54) is 88.7 Å². The molecule has 86 heavy (non-hydrogen) atoms. The number of hydrogen-bond acceptors (Lipinski definition) is 25. The van der Waals surface area contributed by atoms with E-state index < -0.39 is 130 Å². The predicted octanol–water partition coefficient (Wildman–Crippen LogP) is -4.57. The van der Waals surface area contributed by atoms with Gasteiger partial charge in [0.15, 0.2) is 11.5 Å². The Morgan fingerprint density at radius 3 is 1.19 bits per heavy atom. The molecule has 0 aliphatic carbocycles. The van der Waals surface area contributed by atoms with Gasteiger partial charge in [0.05, 0.1) is 79.0 Å². The molecule has 8 rings (SSSR count). The fraction of sp³-hybridized carbons (Fsp3) is 0.0816. The van der Waals surface area contributed by atoms with Crippen LogP contribution >= 0.6 is 0 Å². The Bertz CT molecular complexity index is 4750. The Labute approximate surface area is 580 Å². The number of hydrogen-bond donors (Lipinski definition) is 2. The summed E-state index contributed by atoms with van der Waals surface area (Å²) in [6.07, 6.45) is 0. The molecule has 0 amide bonds. The average molecular weight is 1330 g/mol. The van der Waals surface area contributed by atoms with Crippen molar-refractivity contribution in [2.75, 3.05) is 19.5 Å². The molecule has 37 heteroatoms. The topological polar surface area (TPSA) is 428 Å². The maximum atomic E-state index is 13.6. The van der Waals surface area contributed by atoms with Crippen molar-refractivity contribution in [1.82, 2.24) is 0 Å². The number of benzene rings is 8. The van der Waals surface area contributed by atoms with Gasteiger partial charge in [-0.3, -0.25) is 4.55 Å². The number of rotatable bonds is 18. The number of nitrogens with zero attached hydrogens (tertiary/aromatic N) is 5. The molecule has 0 fully saturated rings. The van der Waals surface area contributed by atoms with Crippen molar-refractivity contribution in [2.45, 2.75) is 43.2 Å². The zero-order chi connectivity index (χ0) is 59.9. The average Bonchev–Trinajstić information content (AvgIpc) is 0.820. The van der Waals surface area contributed by atoms with E-state index in [0.717, 1.165) is 36.4 Å². The third kappa shape index (κ3) is 17.5. The quantitative estimate of drug-likeness (QED) is 0.0204. The molecular formula is C49H36N6Na4O21S6. The molecule has 0 bridgehead atoms. The van der Waals surface area contributed by atoms with Crippen molar-refractivity contribution in [3.05, 3.63) is 145 Å². The summed E-state index contributed by atoms with van der Waals surface area (Å²) in [5.41, 5.74) is -0.785. The van der Waals surface area contributed by atoms with Crippen LogP contribution in [0.15, 0.2) is 188 Å². The van der Waals surface area contributed by atoms with Gasteiger partial charge in [0.2, 0.25) is 0 Å². The molecular weight excluding hydrogens is 1290 g/mol. The number of nitrogens with one attached hydrogen (secondary N) is 1. The molecule has 0 saturated heterocycles. The standard InChI is InChI=1S/C49H40N6O21S6.4Na/c1-27-15-39(43(73-3)25-37(27)52-54-41-21-33(77(57,58)59)17-29-19-35(79(63,64)65)23-45(47(29)41)75-81(69,70)31-11-7-5-8-12-31)50-49(56)51-40-16-28(2)38(26-44(40)74-4)53-55-42-22-34(78(60,61)62)18-30-20-36(80(66,67)68)24-46(48(30)42)76-82(71,72)32-13-9-6-10-14-32;;;;/h5-26H,1-4H3,(H2,50,51,56)(H,57,58,59)(H,60,61,62)(H,63,64,65)(H,66,67,68);;;;/q;4*+1/p-4. The SMILES string of the molecule is COc1cc(N=Nc2cc(S(=O)(=O)[O-])cc3cc(S(=O)(=O)[O-])cc(OS(=O)(=O)c4ccccc4)c23)c(C)cc1N=C([O-])Nc1cc(C)c(N=Nc2cc(S(=O)(=O)[O-])cc3cc(S(=O)(=O)O)cc(OS(=O)(=O)c4ccccc4)c23)cc1OC.[Na+].[Na+].[Na+].[Na+]. The minimum Gasteiger partial charge on any atom is -0.846 e. The molecule has 0 unspecified atom stereocenters. The Kier molecular flexibility index (Phi) is 24.9. The molecule has 428 valence electrons. The fourth-order valence-corrected chi connectivity index (χ4v) is 11.7. The summed E-state index contributed by atoms with van der Waals surface area (Å²) in [5.74, 6) is -1.76. The van der Waals surface area contributed by atoms with Gasteiger partial charge in [-0.15, -0.1) is 10.2 Å². The van der Waals surface area contributed by atoms with Gasteiger partial charge in [0.1, 0.15) is 57.3 Å². The van der Waals surface area contributed by atoms with Crippen LogP contribution in [0.3, 0.4) is 0 Å². The van der Waals surface area contributed by atoms with Crippen LogP contribution in [0.5, 0.6) is 23.0 Å². The van der Waals surface area contributed by atoms with E-state index in [1.54, 1.807) is 0 Å². The van der Waals surface area contributed by atoms with Crippen molar-refractivity contribution in [1.29, 1.82) is 0 Å². The normalized spacial score (nSPS) is 12.4. The number of azo groups is 2. The molecule has 0 aliphatic rings. The number of aryl methyl sites for hydroxylation is 2. The third-order valence-corrected chi connectivity index (χ3v) is 17.3. The van der Waals surface area contributed by atoms with Gasteiger partial charge in [0.25, 0.3) is 10.1 Å². The second kappa shape index (κ2) is 29.0. The molecule has 0 heterocycles. The maximum Gasteiger partial charge on any atom is 1.00 e. The smallest absolute Gasteiger partial charge is 0.846 e. The van der Waals surface area contributed by atoms with E-state index in [1.807, 2.05) is 0 Å². The van der Waals surface area contributed by atoms with E-state index in [-0.39, 0.29) is 174 Å². The summed E-state index contributed by atoms with van der Waals surface area (Å²) in [4.78, 5) is -0.641. The minimum absolute atomic E-state index is 0. The molecule has 2 N–H and O–H groups in total. The van der Waals surface area contributed by atoms with Crippen molar-refractivity contribution >= 4 is 122 Å². The number of anilines is 1. The first kappa shape index (κ1) is 74.0.